The van der Waals surface area contributed by atoms with Crippen LogP contribution in [0.5, 0.6) is 0 Å². The van der Waals surface area contributed by atoms with E-state index in [0.717, 1.165) is 35.3 Å². The molecule has 1 aliphatic heterocycles. The maximum atomic E-state index is 6.29. The van der Waals surface area contributed by atoms with E-state index >= 15 is 0 Å². The summed E-state index contributed by atoms with van der Waals surface area (Å²) in [4.78, 5) is 2.39. The molecule has 2 rings (SSSR count). The molecular formula is C13H21Cl3N2. The molecule has 0 aromatic heterocycles. The fraction of sp³-hybridized carbons (Fsp3) is 0.538. The van der Waals surface area contributed by atoms with Crippen LogP contribution in [0.3, 0.4) is 0 Å². The van der Waals surface area contributed by atoms with Gasteiger partial charge in [-0.3, -0.25) is 0 Å². The molecule has 0 amide bonds. The summed E-state index contributed by atoms with van der Waals surface area (Å²) in [7, 11) is 0. The Bertz CT molecular complexity index is 371. The molecule has 1 atom stereocenters. The molecule has 104 valence electrons. The van der Waals surface area contributed by atoms with Gasteiger partial charge in [0.25, 0.3) is 0 Å². The Hall–Kier alpha value is -0.150. The molecule has 1 heterocycles. The van der Waals surface area contributed by atoms with Gasteiger partial charge in [0.15, 0.2) is 0 Å². The van der Waals surface area contributed by atoms with Crippen molar-refractivity contribution < 1.29 is 0 Å². The maximum Gasteiger partial charge on any atom is 0.0642 e. The number of nitrogens with zero attached hydrogens (tertiary/aromatic N) is 1. The summed E-state index contributed by atoms with van der Waals surface area (Å²) >= 11 is 6.29. The van der Waals surface area contributed by atoms with Crippen molar-refractivity contribution in [3.63, 3.8) is 0 Å². The van der Waals surface area contributed by atoms with E-state index in [1.165, 1.54) is 12.8 Å². The van der Waals surface area contributed by atoms with E-state index in [1.807, 2.05) is 6.07 Å². The predicted molar refractivity (Wildman–Crippen MR) is 84.5 cm³/mol. The van der Waals surface area contributed by atoms with Gasteiger partial charge in [0, 0.05) is 19.6 Å². The van der Waals surface area contributed by atoms with Gasteiger partial charge in [0.2, 0.25) is 0 Å². The molecule has 2 nitrogen and oxygen atoms in total. The third-order valence-corrected chi connectivity index (χ3v) is 3.55. The fourth-order valence-corrected chi connectivity index (χ4v) is 2.66. The highest BCUT2D eigenvalue weighted by Gasteiger charge is 2.18. The van der Waals surface area contributed by atoms with Crippen molar-refractivity contribution >= 4 is 42.1 Å². The summed E-state index contributed by atoms with van der Waals surface area (Å²) in [5.41, 5.74) is 7.85. The first kappa shape index (κ1) is 17.8. The maximum absolute atomic E-state index is 6.29. The monoisotopic (exact) mass is 310 g/mol. The van der Waals surface area contributed by atoms with Crippen LogP contribution in [-0.4, -0.2) is 13.1 Å². The quantitative estimate of drug-likeness (QED) is 0.898. The highest BCUT2D eigenvalue weighted by atomic mass is 35.5. The van der Waals surface area contributed by atoms with Crippen LogP contribution in [0.4, 0.5) is 5.69 Å². The topological polar surface area (TPSA) is 29.3 Å². The van der Waals surface area contributed by atoms with Gasteiger partial charge in [-0.05, 0) is 36.5 Å². The van der Waals surface area contributed by atoms with E-state index in [0.29, 0.717) is 6.54 Å². The van der Waals surface area contributed by atoms with Crippen molar-refractivity contribution in [2.75, 3.05) is 18.0 Å². The second-order valence-electron chi connectivity index (χ2n) is 4.68. The summed E-state index contributed by atoms with van der Waals surface area (Å²) in [5, 5.41) is 0.831. The lowest BCUT2D eigenvalue weighted by Gasteiger charge is -2.33. The van der Waals surface area contributed by atoms with Gasteiger partial charge in [0.05, 0.1) is 10.7 Å². The van der Waals surface area contributed by atoms with Gasteiger partial charge in [-0.1, -0.05) is 24.6 Å². The zero-order valence-electron chi connectivity index (χ0n) is 10.6. The lowest BCUT2D eigenvalue weighted by Crippen LogP contribution is -2.34. The van der Waals surface area contributed by atoms with Gasteiger partial charge in [-0.25, -0.2) is 0 Å². The highest BCUT2D eigenvalue weighted by Crippen LogP contribution is 2.30. The van der Waals surface area contributed by atoms with Crippen molar-refractivity contribution in [1.82, 2.24) is 0 Å². The Morgan fingerprint density at radius 2 is 2.11 bits per heavy atom. The van der Waals surface area contributed by atoms with Crippen LogP contribution in [-0.2, 0) is 6.54 Å². The summed E-state index contributed by atoms with van der Waals surface area (Å²) in [6.45, 7) is 5.08. The summed E-state index contributed by atoms with van der Waals surface area (Å²) in [6.07, 6.45) is 2.59. The molecule has 0 bridgehead atoms. The van der Waals surface area contributed by atoms with Crippen LogP contribution in [0.25, 0.3) is 0 Å². The molecule has 0 aliphatic carbocycles. The predicted octanol–water partition coefficient (Wildman–Crippen LogP) is 3.88. The molecule has 1 saturated heterocycles. The fourth-order valence-electron chi connectivity index (χ4n) is 2.34. The first-order chi connectivity index (χ1) is 7.70. The van der Waals surface area contributed by atoms with Crippen LogP contribution >= 0.6 is 36.4 Å². The number of hydrogen-bond acceptors (Lipinski definition) is 2. The minimum absolute atomic E-state index is 0. The van der Waals surface area contributed by atoms with Crippen LogP contribution in [0.2, 0.25) is 5.02 Å². The van der Waals surface area contributed by atoms with E-state index in [-0.39, 0.29) is 24.8 Å². The Balaban J connectivity index is 0.00000144. The second-order valence-corrected chi connectivity index (χ2v) is 5.09. The van der Waals surface area contributed by atoms with Crippen LogP contribution < -0.4 is 10.6 Å². The van der Waals surface area contributed by atoms with E-state index in [9.17, 15) is 0 Å². The lowest BCUT2D eigenvalue weighted by atomic mass is 9.99. The van der Waals surface area contributed by atoms with Gasteiger partial charge in [-0.2, -0.15) is 0 Å². The molecule has 2 N–H and O–H groups in total. The van der Waals surface area contributed by atoms with Crippen molar-refractivity contribution in [2.45, 2.75) is 26.3 Å². The second kappa shape index (κ2) is 8.11. The summed E-state index contributed by atoms with van der Waals surface area (Å²) < 4.78 is 0. The zero-order chi connectivity index (χ0) is 11.5. The normalized spacial score (nSPS) is 18.8. The molecule has 1 aromatic carbocycles. The highest BCUT2D eigenvalue weighted by molar-refractivity contribution is 6.33. The first-order valence-corrected chi connectivity index (χ1v) is 6.32. The molecule has 0 spiro atoms. The molecule has 0 radical (unpaired) electrons. The number of anilines is 1. The Morgan fingerprint density at radius 3 is 2.67 bits per heavy atom. The lowest BCUT2D eigenvalue weighted by molar-refractivity contribution is 0.447. The minimum atomic E-state index is 0. The molecular weight excluding hydrogens is 291 g/mol. The van der Waals surface area contributed by atoms with Gasteiger partial charge >= 0.3 is 0 Å². The summed E-state index contributed by atoms with van der Waals surface area (Å²) in [5.74, 6) is 0.763. The number of halogens is 3. The largest absolute Gasteiger partial charge is 0.370 e. The minimum Gasteiger partial charge on any atom is -0.370 e. The van der Waals surface area contributed by atoms with E-state index in [1.54, 1.807) is 0 Å². The SMILES string of the molecule is CC1CCCN(c2ccc(CN)cc2Cl)C1.Cl.Cl. The average molecular weight is 312 g/mol. The smallest absolute Gasteiger partial charge is 0.0642 e. The van der Waals surface area contributed by atoms with Gasteiger partial charge in [-0.15, -0.1) is 24.8 Å². The van der Waals surface area contributed by atoms with Gasteiger partial charge in [0.1, 0.15) is 0 Å². The van der Waals surface area contributed by atoms with Crippen LogP contribution in [0, 0.1) is 5.92 Å². The molecule has 1 aliphatic rings. The van der Waals surface area contributed by atoms with Crippen LogP contribution in [0.1, 0.15) is 25.3 Å². The first-order valence-electron chi connectivity index (χ1n) is 5.94. The summed E-state index contributed by atoms with van der Waals surface area (Å²) in [6, 6.07) is 6.15. The third-order valence-electron chi connectivity index (χ3n) is 3.25. The van der Waals surface area contributed by atoms with Crippen LogP contribution in [0.15, 0.2) is 18.2 Å². The third kappa shape index (κ3) is 4.20. The van der Waals surface area contributed by atoms with Gasteiger partial charge < -0.3 is 10.6 Å². The Morgan fingerprint density at radius 1 is 1.39 bits per heavy atom. The van der Waals surface area contributed by atoms with Crippen molar-refractivity contribution in [1.29, 1.82) is 0 Å². The zero-order valence-corrected chi connectivity index (χ0v) is 13.0. The van der Waals surface area contributed by atoms with E-state index in [2.05, 4.69) is 24.0 Å². The molecule has 1 aromatic rings. The van der Waals surface area contributed by atoms with E-state index in [4.69, 9.17) is 17.3 Å². The van der Waals surface area contributed by atoms with Crippen molar-refractivity contribution in [3.8, 4) is 0 Å². The standard InChI is InChI=1S/C13H19ClN2.2ClH/c1-10-3-2-6-16(9-10)13-5-4-11(8-15)7-12(13)14;;/h4-5,7,10H,2-3,6,8-9,15H2,1H3;2*1H. The number of nitrogens with two attached hydrogens (primary N) is 1. The number of piperidine rings is 1. The Kier molecular flexibility index (Phi) is 8.04. The number of benzene rings is 1. The Labute approximate surface area is 127 Å². The molecule has 18 heavy (non-hydrogen) atoms. The average Bonchev–Trinajstić information content (AvgIpc) is 2.28. The molecule has 5 heteroatoms. The number of rotatable bonds is 2. The molecule has 0 saturated carbocycles. The molecule has 1 unspecified atom stereocenters. The number of hydrogen-bond donors (Lipinski definition) is 1. The van der Waals surface area contributed by atoms with Crippen molar-refractivity contribution in [2.24, 2.45) is 11.7 Å². The molecule has 1 fully saturated rings. The van der Waals surface area contributed by atoms with Crippen molar-refractivity contribution in [3.05, 3.63) is 28.8 Å². The van der Waals surface area contributed by atoms with E-state index < -0.39 is 0 Å².